The molecule has 0 radical (unpaired) electrons. The van der Waals surface area contributed by atoms with Crippen molar-refractivity contribution in [3.05, 3.63) is 72.6 Å². The molecule has 0 aliphatic carbocycles. The van der Waals surface area contributed by atoms with Crippen LogP contribution in [0.25, 0.3) is 11.3 Å². The Kier molecular flexibility index (Phi) is 7.46. The highest BCUT2D eigenvalue weighted by atomic mass is 32.2. The number of nitrogens with zero attached hydrogens (tertiary/aromatic N) is 4. The number of fused-ring (bicyclic) bond motifs is 2. The van der Waals surface area contributed by atoms with Crippen LogP contribution in [-0.2, 0) is 19.7 Å². The van der Waals surface area contributed by atoms with E-state index in [1.54, 1.807) is 45.7 Å². The maximum Gasteiger partial charge on any atom is 0.152 e. The first kappa shape index (κ1) is 25.8. The van der Waals surface area contributed by atoms with E-state index in [0.29, 0.717) is 22.7 Å². The van der Waals surface area contributed by atoms with E-state index in [1.165, 1.54) is 13.8 Å². The Morgan fingerprint density at radius 3 is 1.35 bits per heavy atom. The Balaban J connectivity index is 0.000000191. The Hall–Kier alpha value is -2.80. The van der Waals surface area contributed by atoms with Gasteiger partial charge in [0.25, 0.3) is 0 Å². The summed E-state index contributed by atoms with van der Waals surface area (Å²) in [6, 6.07) is 10.9. The smallest absolute Gasteiger partial charge is 0.152 e. The molecule has 10 nitrogen and oxygen atoms in total. The third-order valence-electron chi connectivity index (χ3n) is 5.61. The molecule has 0 aliphatic heterocycles. The largest absolute Gasteiger partial charge is 0.385 e. The highest BCUT2D eigenvalue weighted by molar-refractivity contribution is 7.91. The van der Waals surface area contributed by atoms with Gasteiger partial charge in [-0.25, -0.2) is 26.8 Å². The van der Waals surface area contributed by atoms with Crippen LogP contribution in [0, 0.1) is 0 Å². The molecule has 4 aromatic heterocycles. The molecule has 0 saturated carbocycles. The lowest BCUT2D eigenvalue weighted by Gasteiger charge is -2.14. The second kappa shape index (κ2) is 9.82. The number of aromatic nitrogens is 4. The zero-order chi connectivity index (χ0) is 25.3. The summed E-state index contributed by atoms with van der Waals surface area (Å²) < 4.78 is 49.0. The van der Waals surface area contributed by atoms with Gasteiger partial charge in [-0.1, -0.05) is 12.1 Å². The molecule has 0 unspecified atom stereocenters. The van der Waals surface area contributed by atoms with Gasteiger partial charge in [-0.05, 0) is 38.1 Å². The van der Waals surface area contributed by atoms with Crippen molar-refractivity contribution < 1.29 is 27.0 Å². The van der Waals surface area contributed by atoms with E-state index in [4.69, 9.17) is 0 Å². The summed E-state index contributed by atoms with van der Waals surface area (Å²) in [7, 11) is -6.57. The first-order valence-corrected chi connectivity index (χ1v) is 14.3. The van der Waals surface area contributed by atoms with E-state index in [9.17, 15) is 27.0 Å². The molecule has 0 spiro atoms. The molecule has 4 aromatic rings. The molecule has 0 bridgehead atoms. The van der Waals surface area contributed by atoms with Crippen LogP contribution in [-0.4, -0.2) is 68.8 Å². The van der Waals surface area contributed by atoms with Crippen molar-refractivity contribution in [1.29, 1.82) is 0 Å². The maximum atomic E-state index is 11.4. The number of pyridine rings is 2. The fraction of sp³-hybridized carbons (Fsp3) is 0.364. The molecule has 12 heteroatoms. The summed E-state index contributed by atoms with van der Waals surface area (Å²) in [6.07, 6.45) is 6.87. The van der Waals surface area contributed by atoms with Crippen LogP contribution in [0.3, 0.4) is 0 Å². The molecule has 4 heterocycles. The highest BCUT2D eigenvalue weighted by Crippen LogP contribution is 2.22. The molecule has 34 heavy (non-hydrogen) atoms. The third kappa shape index (κ3) is 5.81. The molecule has 4 rings (SSSR count). The normalized spacial score (nSPS) is 15.9. The summed E-state index contributed by atoms with van der Waals surface area (Å²) in [5.74, 6) is 0. The number of aliphatic hydroxyl groups excluding tert-OH is 2. The number of rotatable bonds is 6. The van der Waals surface area contributed by atoms with Crippen molar-refractivity contribution in [2.75, 3.05) is 12.5 Å². The lowest BCUT2D eigenvalue weighted by atomic mass is 10.2. The summed E-state index contributed by atoms with van der Waals surface area (Å²) in [5.41, 5.74) is 2.10. The topological polar surface area (TPSA) is 143 Å². The van der Waals surface area contributed by atoms with E-state index in [0.717, 1.165) is 12.5 Å². The van der Waals surface area contributed by atoms with Gasteiger partial charge < -0.3 is 19.0 Å². The van der Waals surface area contributed by atoms with E-state index in [-0.39, 0.29) is 0 Å². The summed E-state index contributed by atoms with van der Waals surface area (Å²) >= 11 is 0. The number of hydrogen-bond acceptors (Lipinski definition) is 8. The zero-order valence-corrected chi connectivity index (χ0v) is 20.8. The zero-order valence-electron chi connectivity index (χ0n) is 19.2. The lowest BCUT2D eigenvalue weighted by Crippen LogP contribution is -2.24. The molecular formula is C22H28N4O6S2. The summed E-state index contributed by atoms with van der Waals surface area (Å²) in [6.45, 7) is 2.95. The van der Waals surface area contributed by atoms with Crippen molar-refractivity contribution in [2.45, 2.75) is 36.6 Å². The number of sulfone groups is 2. The predicted octanol–water partition coefficient (Wildman–Crippen LogP) is 1.60. The monoisotopic (exact) mass is 508 g/mol. The third-order valence-corrected chi connectivity index (χ3v) is 8.83. The van der Waals surface area contributed by atoms with Crippen LogP contribution < -0.4 is 0 Å². The van der Waals surface area contributed by atoms with Gasteiger partial charge in [0.1, 0.15) is 23.5 Å². The van der Waals surface area contributed by atoms with E-state index < -0.39 is 42.4 Å². The SMILES string of the molecule is C[C@@H]([C@@H](O)c1cn2ccccc2n1)S(C)(=O)=O.C[C@H]([C@H](O)c1cn2ccccc2n1)S(C)(=O)=O. The maximum absolute atomic E-state index is 11.4. The highest BCUT2D eigenvalue weighted by Gasteiger charge is 2.28. The van der Waals surface area contributed by atoms with E-state index in [1.807, 2.05) is 24.3 Å². The van der Waals surface area contributed by atoms with Gasteiger partial charge >= 0.3 is 0 Å². The second-order valence-corrected chi connectivity index (χ2v) is 13.0. The Bertz CT molecular complexity index is 1310. The van der Waals surface area contributed by atoms with Gasteiger partial charge in [0, 0.05) is 37.3 Å². The molecule has 4 atom stereocenters. The minimum absolute atomic E-state index is 0.370. The van der Waals surface area contributed by atoms with Crippen molar-refractivity contribution in [1.82, 2.24) is 18.8 Å². The Morgan fingerprint density at radius 2 is 1.06 bits per heavy atom. The van der Waals surface area contributed by atoms with Gasteiger partial charge in [-0.15, -0.1) is 0 Å². The van der Waals surface area contributed by atoms with Crippen molar-refractivity contribution in [2.24, 2.45) is 0 Å². The standard InChI is InChI=1S/2C11H14N2O3S/c2*1-8(17(2,15)16)11(14)9-7-13-6-4-3-5-10(13)12-9/h2*3-8,11,14H,1-2H3/t2*8-,11+/m10/s1. The van der Waals surface area contributed by atoms with Crippen LogP contribution in [0.1, 0.15) is 37.4 Å². The van der Waals surface area contributed by atoms with E-state index in [2.05, 4.69) is 9.97 Å². The average molecular weight is 509 g/mol. The van der Waals surface area contributed by atoms with Gasteiger partial charge in [-0.2, -0.15) is 0 Å². The van der Waals surface area contributed by atoms with E-state index >= 15 is 0 Å². The van der Waals surface area contributed by atoms with Crippen molar-refractivity contribution >= 4 is 31.0 Å². The molecule has 0 aliphatic rings. The molecular weight excluding hydrogens is 480 g/mol. The molecule has 184 valence electrons. The lowest BCUT2D eigenvalue weighted by molar-refractivity contribution is 0.171. The van der Waals surface area contributed by atoms with Crippen LogP contribution >= 0.6 is 0 Å². The van der Waals surface area contributed by atoms with Gasteiger partial charge in [0.05, 0.1) is 21.9 Å². The van der Waals surface area contributed by atoms with Crippen molar-refractivity contribution in [3.8, 4) is 0 Å². The first-order valence-electron chi connectivity index (χ1n) is 10.4. The number of hydrogen-bond donors (Lipinski definition) is 2. The summed E-state index contributed by atoms with van der Waals surface area (Å²) in [4.78, 5) is 8.39. The number of aliphatic hydroxyl groups is 2. The predicted molar refractivity (Wildman–Crippen MR) is 129 cm³/mol. The molecule has 0 saturated heterocycles. The molecule has 2 N–H and O–H groups in total. The summed E-state index contributed by atoms with van der Waals surface area (Å²) in [5, 5.41) is 18.2. The fourth-order valence-corrected chi connectivity index (χ4v) is 4.36. The quantitative estimate of drug-likeness (QED) is 0.400. The van der Waals surface area contributed by atoms with Crippen LogP contribution in [0.15, 0.2) is 61.2 Å². The van der Waals surface area contributed by atoms with Crippen LogP contribution in [0.5, 0.6) is 0 Å². The Morgan fingerprint density at radius 1 is 0.706 bits per heavy atom. The minimum Gasteiger partial charge on any atom is -0.385 e. The molecule has 0 fully saturated rings. The van der Waals surface area contributed by atoms with Gasteiger partial charge in [-0.3, -0.25) is 0 Å². The van der Waals surface area contributed by atoms with Gasteiger partial charge in [0.15, 0.2) is 19.7 Å². The minimum atomic E-state index is -3.29. The Labute approximate surface area is 198 Å². The molecule has 0 aromatic carbocycles. The number of imidazole rings is 2. The van der Waals surface area contributed by atoms with Gasteiger partial charge in [0.2, 0.25) is 0 Å². The average Bonchev–Trinajstić information content (AvgIpc) is 3.40. The fourth-order valence-electron chi connectivity index (χ4n) is 3.14. The van der Waals surface area contributed by atoms with Crippen LogP contribution in [0.2, 0.25) is 0 Å². The van der Waals surface area contributed by atoms with Crippen LogP contribution in [0.4, 0.5) is 0 Å². The molecule has 0 amide bonds. The first-order chi connectivity index (χ1) is 15.8. The second-order valence-electron chi connectivity index (χ2n) is 8.22. The van der Waals surface area contributed by atoms with Crippen molar-refractivity contribution in [3.63, 3.8) is 0 Å².